The van der Waals surface area contributed by atoms with E-state index in [9.17, 15) is 0 Å². The van der Waals surface area contributed by atoms with E-state index < -0.39 is 0 Å². The van der Waals surface area contributed by atoms with E-state index in [1.807, 2.05) is 12.1 Å². The van der Waals surface area contributed by atoms with Crippen LogP contribution >= 0.6 is 15.9 Å². The van der Waals surface area contributed by atoms with Crippen molar-refractivity contribution >= 4 is 59.7 Å². The maximum absolute atomic E-state index is 6.21. The molecule has 0 N–H and O–H groups in total. The van der Waals surface area contributed by atoms with Crippen molar-refractivity contribution < 1.29 is 4.42 Å². The van der Waals surface area contributed by atoms with Crippen molar-refractivity contribution in [1.82, 2.24) is 4.57 Å². The highest BCUT2D eigenvalue weighted by molar-refractivity contribution is 9.10. The van der Waals surface area contributed by atoms with Crippen LogP contribution in [0.4, 0.5) is 0 Å². The molecular weight excluding hydrogens is 470 g/mol. The van der Waals surface area contributed by atoms with E-state index in [1.165, 1.54) is 38.6 Å². The van der Waals surface area contributed by atoms with E-state index in [4.69, 9.17) is 4.42 Å². The Morgan fingerprint density at radius 1 is 0.606 bits per heavy atom. The van der Waals surface area contributed by atoms with Gasteiger partial charge in [0.05, 0.1) is 15.5 Å². The molecule has 3 heteroatoms. The van der Waals surface area contributed by atoms with Crippen molar-refractivity contribution in [2.45, 2.75) is 0 Å². The van der Waals surface area contributed by atoms with Crippen LogP contribution in [0.25, 0.3) is 60.6 Å². The first-order valence-electron chi connectivity index (χ1n) is 11.0. The molecule has 33 heavy (non-hydrogen) atoms. The highest BCUT2D eigenvalue weighted by Crippen LogP contribution is 2.41. The van der Waals surface area contributed by atoms with Crippen molar-refractivity contribution in [2.75, 3.05) is 0 Å². The van der Waals surface area contributed by atoms with Crippen LogP contribution in [-0.2, 0) is 0 Å². The molecule has 0 fully saturated rings. The molecule has 0 aliphatic carbocycles. The van der Waals surface area contributed by atoms with Gasteiger partial charge in [0, 0.05) is 27.2 Å². The maximum atomic E-state index is 6.21. The van der Waals surface area contributed by atoms with Gasteiger partial charge in [0.15, 0.2) is 0 Å². The Hall–Kier alpha value is -3.82. The van der Waals surface area contributed by atoms with Crippen LogP contribution in [0.1, 0.15) is 0 Å². The molecule has 0 radical (unpaired) electrons. The van der Waals surface area contributed by atoms with Crippen molar-refractivity contribution in [3.8, 4) is 16.8 Å². The van der Waals surface area contributed by atoms with E-state index in [1.54, 1.807) is 0 Å². The van der Waals surface area contributed by atoms with Gasteiger partial charge in [0.2, 0.25) is 0 Å². The summed E-state index contributed by atoms with van der Waals surface area (Å²) < 4.78 is 9.54. The Labute approximate surface area is 198 Å². The Balaban J connectivity index is 1.55. The lowest BCUT2D eigenvalue weighted by atomic mass is 9.98. The fourth-order valence-electron chi connectivity index (χ4n) is 5.05. The average molecular weight is 488 g/mol. The van der Waals surface area contributed by atoms with Crippen molar-refractivity contribution in [3.05, 3.63) is 114 Å². The molecule has 7 aromatic rings. The zero-order valence-corrected chi connectivity index (χ0v) is 19.2. The normalized spacial score (nSPS) is 11.8. The summed E-state index contributed by atoms with van der Waals surface area (Å²) in [4.78, 5) is 0. The summed E-state index contributed by atoms with van der Waals surface area (Å²) in [5.74, 6) is 0. The molecule has 0 saturated carbocycles. The molecule has 0 amide bonds. The molecule has 156 valence electrons. The Morgan fingerprint density at radius 2 is 1.36 bits per heavy atom. The second kappa shape index (κ2) is 7.09. The van der Waals surface area contributed by atoms with Crippen LogP contribution in [0.5, 0.6) is 0 Å². The molecule has 0 atom stereocenters. The number of nitrogens with zero attached hydrogens (tertiary/aromatic N) is 1. The van der Waals surface area contributed by atoms with Gasteiger partial charge in [-0.25, -0.2) is 0 Å². The smallest absolute Gasteiger partial charge is 0.149 e. The molecule has 2 aromatic heterocycles. The number of fused-ring (bicyclic) bond motifs is 6. The number of para-hydroxylation sites is 3. The minimum Gasteiger partial charge on any atom is -0.455 e. The standard InChI is InChI=1S/C30H18BrNO/c31-25-13-6-12-23-29-21(11-7-15-28(29)33-30(23)25)19-16-17-27-24(18-19)22-10-4-5-14-26(22)32(27)20-8-2-1-3-9-20/h1-18H. The van der Waals surface area contributed by atoms with E-state index in [2.05, 4.69) is 118 Å². The molecule has 0 unspecified atom stereocenters. The highest BCUT2D eigenvalue weighted by atomic mass is 79.9. The summed E-state index contributed by atoms with van der Waals surface area (Å²) in [5.41, 5.74) is 7.76. The van der Waals surface area contributed by atoms with E-state index in [0.29, 0.717) is 0 Å². The fraction of sp³-hybridized carbons (Fsp3) is 0. The van der Waals surface area contributed by atoms with E-state index in [-0.39, 0.29) is 0 Å². The third kappa shape index (κ3) is 2.73. The number of halogens is 1. The van der Waals surface area contributed by atoms with Crippen LogP contribution in [-0.4, -0.2) is 4.57 Å². The number of hydrogen-bond donors (Lipinski definition) is 0. The van der Waals surface area contributed by atoms with Gasteiger partial charge >= 0.3 is 0 Å². The first-order chi connectivity index (χ1) is 16.3. The van der Waals surface area contributed by atoms with Gasteiger partial charge in [0.1, 0.15) is 11.2 Å². The minimum atomic E-state index is 0.890. The number of rotatable bonds is 2. The zero-order chi connectivity index (χ0) is 21.9. The van der Waals surface area contributed by atoms with E-state index in [0.717, 1.165) is 26.4 Å². The number of hydrogen-bond acceptors (Lipinski definition) is 1. The van der Waals surface area contributed by atoms with Gasteiger partial charge in [-0.2, -0.15) is 0 Å². The van der Waals surface area contributed by atoms with E-state index >= 15 is 0 Å². The summed E-state index contributed by atoms with van der Waals surface area (Å²) in [5, 5.41) is 4.78. The summed E-state index contributed by atoms with van der Waals surface area (Å²) >= 11 is 3.64. The van der Waals surface area contributed by atoms with Gasteiger partial charge in [-0.15, -0.1) is 0 Å². The summed E-state index contributed by atoms with van der Waals surface area (Å²) in [6.45, 7) is 0. The molecular formula is C30H18BrNO. The average Bonchev–Trinajstić information content (AvgIpc) is 3.41. The van der Waals surface area contributed by atoms with Crippen LogP contribution in [0.2, 0.25) is 0 Å². The van der Waals surface area contributed by atoms with Gasteiger partial charge in [-0.1, -0.05) is 66.7 Å². The number of furan rings is 1. The molecule has 0 bridgehead atoms. The molecule has 2 nitrogen and oxygen atoms in total. The van der Waals surface area contributed by atoms with Crippen LogP contribution in [0.3, 0.4) is 0 Å². The van der Waals surface area contributed by atoms with Gasteiger partial charge in [0.25, 0.3) is 0 Å². The molecule has 0 saturated heterocycles. The predicted molar refractivity (Wildman–Crippen MR) is 141 cm³/mol. The minimum absolute atomic E-state index is 0.890. The molecule has 0 aliphatic rings. The first-order valence-corrected chi connectivity index (χ1v) is 11.8. The first kappa shape index (κ1) is 18.7. The Kier molecular flexibility index (Phi) is 4.02. The van der Waals surface area contributed by atoms with Gasteiger partial charge in [-0.05, 0) is 69.5 Å². The molecule has 5 aromatic carbocycles. The monoisotopic (exact) mass is 487 g/mol. The van der Waals surface area contributed by atoms with Crippen LogP contribution in [0.15, 0.2) is 118 Å². The van der Waals surface area contributed by atoms with Crippen LogP contribution in [0, 0.1) is 0 Å². The lowest BCUT2D eigenvalue weighted by Crippen LogP contribution is -1.92. The fourth-order valence-corrected chi connectivity index (χ4v) is 5.50. The third-order valence-electron chi connectivity index (χ3n) is 6.47. The predicted octanol–water partition coefficient (Wildman–Crippen LogP) is 9.11. The lowest BCUT2D eigenvalue weighted by molar-refractivity contribution is 0.667. The SMILES string of the molecule is Brc1cccc2c1oc1cccc(-c3ccc4c(c3)c3ccccc3n4-c3ccccc3)c12. The van der Waals surface area contributed by atoms with Crippen molar-refractivity contribution in [2.24, 2.45) is 0 Å². The Morgan fingerprint density at radius 3 is 2.27 bits per heavy atom. The molecule has 0 aliphatic heterocycles. The highest BCUT2D eigenvalue weighted by Gasteiger charge is 2.16. The largest absolute Gasteiger partial charge is 0.455 e. The second-order valence-electron chi connectivity index (χ2n) is 8.32. The third-order valence-corrected chi connectivity index (χ3v) is 7.10. The summed E-state index contributed by atoms with van der Waals surface area (Å²) in [6, 6.07) is 38.5. The summed E-state index contributed by atoms with van der Waals surface area (Å²) in [6.07, 6.45) is 0. The molecule has 2 heterocycles. The van der Waals surface area contributed by atoms with Gasteiger partial charge < -0.3 is 8.98 Å². The molecule has 7 rings (SSSR count). The van der Waals surface area contributed by atoms with Crippen molar-refractivity contribution in [3.63, 3.8) is 0 Å². The van der Waals surface area contributed by atoms with Gasteiger partial charge in [-0.3, -0.25) is 0 Å². The Bertz CT molecular complexity index is 1830. The number of benzene rings is 5. The van der Waals surface area contributed by atoms with Crippen LogP contribution < -0.4 is 0 Å². The second-order valence-corrected chi connectivity index (χ2v) is 9.17. The van der Waals surface area contributed by atoms with Crippen molar-refractivity contribution in [1.29, 1.82) is 0 Å². The summed E-state index contributed by atoms with van der Waals surface area (Å²) in [7, 11) is 0. The number of aromatic nitrogens is 1. The lowest BCUT2D eigenvalue weighted by Gasteiger charge is -2.08. The molecule has 0 spiro atoms. The topological polar surface area (TPSA) is 18.1 Å². The maximum Gasteiger partial charge on any atom is 0.149 e. The quantitative estimate of drug-likeness (QED) is 0.237. The zero-order valence-electron chi connectivity index (χ0n) is 17.6.